The summed E-state index contributed by atoms with van der Waals surface area (Å²) in [7, 11) is 0. The lowest BCUT2D eigenvalue weighted by Gasteiger charge is -2.02. The van der Waals surface area contributed by atoms with E-state index in [4.69, 9.17) is 4.42 Å². The number of pyridine rings is 1. The summed E-state index contributed by atoms with van der Waals surface area (Å²) in [6.45, 7) is 0. The fourth-order valence-corrected chi connectivity index (χ4v) is 3.69. The minimum Gasteiger partial charge on any atom is -0.456 e. The van der Waals surface area contributed by atoms with E-state index in [0.717, 1.165) is 39.2 Å². The predicted octanol–water partition coefficient (Wildman–Crippen LogP) is 4.30. The van der Waals surface area contributed by atoms with Gasteiger partial charge in [0.2, 0.25) is 0 Å². The molecule has 126 valence electrons. The van der Waals surface area contributed by atoms with Gasteiger partial charge in [0, 0.05) is 41.1 Å². The van der Waals surface area contributed by atoms with E-state index in [1.165, 1.54) is 0 Å². The highest BCUT2D eigenvalue weighted by atomic mass is 32.2. The average molecular weight is 361 g/mol. The standard InChI is InChI=1S/C19H11N3O3S/c23-18-16(26-19(24)22-18)7-13-6-12-8-20-9-14(17(12)25-13)10-1-2-15-11(5-10)3-4-21-15/h1-9,21H,(H,22,23,24)/b16-7-. The van der Waals surface area contributed by atoms with Crippen molar-refractivity contribution in [2.24, 2.45) is 0 Å². The molecule has 0 aliphatic carbocycles. The molecule has 6 nitrogen and oxygen atoms in total. The number of carbonyl (C=O) groups excluding carboxylic acids is 2. The van der Waals surface area contributed by atoms with Crippen LogP contribution in [0.4, 0.5) is 4.79 Å². The van der Waals surface area contributed by atoms with Crippen LogP contribution in [0.15, 0.2) is 58.2 Å². The smallest absolute Gasteiger partial charge is 0.290 e. The molecular weight excluding hydrogens is 350 g/mol. The number of fused-ring (bicyclic) bond motifs is 2. The summed E-state index contributed by atoms with van der Waals surface area (Å²) in [6.07, 6.45) is 6.95. The van der Waals surface area contributed by atoms with Gasteiger partial charge in [-0.25, -0.2) is 0 Å². The zero-order valence-electron chi connectivity index (χ0n) is 13.3. The SMILES string of the molecule is O=C1NC(=O)/C(=C/c2cc3cncc(-c4ccc5[nH]ccc5c4)c3o2)S1. The maximum atomic E-state index is 11.7. The molecule has 0 bridgehead atoms. The number of nitrogens with one attached hydrogen (secondary N) is 2. The molecule has 1 aliphatic rings. The van der Waals surface area contributed by atoms with Crippen LogP contribution in [0.25, 0.3) is 39.1 Å². The Kier molecular flexibility index (Phi) is 3.23. The topological polar surface area (TPSA) is 88.0 Å². The quantitative estimate of drug-likeness (QED) is 0.520. The number of furan rings is 1. The summed E-state index contributed by atoms with van der Waals surface area (Å²) in [6, 6.07) is 9.92. The van der Waals surface area contributed by atoms with Crippen LogP contribution in [0.1, 0.15) is 5.76 Å². The van der Waals surface area contributed by atoms with Gasteiger partial charge in [0.1, 0.15) is 11.3 Å². The third-order valence-electron chi connectivity index (χ3n) is 4.22. The molecule has 1 saturated heterocycles. The number of thioether (sulfide) groups is 1. The van der Waals surface area contributed by atoms with Crippen molar-refractivity contribution in [2.45, 2.75) is 0 Å². The molecule has 2 N–H and O–H groups in total. The van der Waals surface area contributed by atoms with Crippen molar-refractivity contribution >= 4 is 50.9 Å². The number of hydrogen-bond acceptors (Lipinski definition) is 5. The average Bonchev–Trinajstić information content (AvgIpc) is 3.32. The van der Waals surface area contributed by atoms with Gasteiger partial charge in [-0.3, -0.25) is 19.9 Å². The number of imide groups is 1. The van der Waals surface area contributed by atoms with E-state index in [1.54, 1.807) is 18.5 Å². The summed E-state index contributed by atoms with van der Waals surface area (Å²) in [5, 5.41) is 3.79. The molecule has 4 heterocycles. The second-order valence-corrected chi connectivity index (χ2v) is 6.90. The summed E-state index contributed by atoms with van der Waals surface area (Å²) < 4.78 is 5.96. The van der Waals surface area contributed by atoms with Crippen LogP contribution >= 0.6 is 11.8 Å². The first kappa shape index (κ1) is 15.0. The monoisotopic (exact) mass is 361 g/mol. The van der Waals surface area contributed by atoms with Crippen molar-refractivity contribution in [1.82, 2.24) is 15.3 Å². The summed E-state index contributed by atoms with van der Waals surface area (Å²) in [4.78, 5) is 30.8. The third-order valence-corrected chi connectivity index (χ3v) is 5.03. The van der Waals surface area contributed by atoms with Crippen molar-refractivity contribution in [2.75, 3.05) is 0 Å². The Bertz CT molecular complexity index is 1240. The molecule has 1 aliphatic heterocycles. The molecule has 2 amide bonds. The van der Waals surface area contributed by atoms with Crippen molar-refractivity contribution in [3.05, 3.63) is 59.6 Å². The highest BCUT2D eigenvalue weighted by Gasteiger charge is 2.25. The zero-order valence-corrected chi connectivity index (χ0v) is 14.1. The van der Waals surface area contributed by atoms with Crippen LogP contribution in [-0.4, -0.2) is 21.1 Å². The van der Waals surface area contributed by atoms with Gasteiger partial charge in [0.25, 0.3) is 11.1 Å². The maximum absolute atomic E-state index is 11.7. The molecule has 4 aromatic rings. The first-order chi connectivity index (χ1) is 12.7. The van der Waals surface area contributed by atoms with Crippen LogP contribution in [0.3, 0.4) is 0 Å². The Balaban J connectivity index is 1.63. The fourth-order valence-electron chi connectivity index (χ4n) is 3.03. The molecule has 0 atom stereocenters. The van der Waals surface area contributed by atoms with E-state index in [0.29, 0.717) is 16.2 Å². The summed E-state index contributed by atoms with van der Waals surface area (Å²) in [5.41, 5.74) is 3.62. The molecule has 0 unspecified atom stereocenters. The first-order valence-corrected chi connectivity index (χ1v) is 8.69. The van der Waals surface area contributed by atoms with Crippen molar-refractivity contribution in [3.63, 3.8) is 0 Å². The minimum absolute atomic E-state index is 0.317. The number of H-pyrrole nitrogens is 1. The minimum atomic E-state index is -0.406. The van der Waals surface area contributed by atoms with E-state index in [1.807, 2.05) is 30.5 Å². The Morgan fingerprint density at radius 3 is 2.85 bits per heavy atom. The van der Waals surface area contributed by atoms with Crippen LogP contribution in [0, 0.1) is 0 Å². The molecule has 26 heavy (non-hydrogen) atoms. The fraction of sp³-hybridized carbons (Fsp3) is 0. The van der Waals surface area contributed by atoms with Gasteiger partial charge < -0.3 is 9.40 Å². The van der Waals surface area contributed by atoms with E-state index in [9.17, 15) is 9.59 Å². The predicted molar refractivity (Wildman–Crippen MR) is 100 cm³/mol. The zero-order chi connectivity index (χ0) is 17.7. The largest absolute Gasteiger partial charge is 0.456 e. The summed E-state index contributed by atoms with van der Waals surface area (Å²) >= 11 is 0.864. The Morgan fingerprint density at radius 1 is 1.08 bits per heavy atom. The molecule has 3 aromatic heterocycles. The number of aromatic nitrogens is 2. The van der Waals surface area contributed by atoms with Crippen LogP contribution in [-0.2, 0) is 4.79 Å². The lowest BCUT2D eigenvalue weighted by Crippen LogP contribution is -2.17. The van der Waals surface area contributed by atoms with Crippen molar-refractivity contribution in [1.29, 1.82) is 0 Å². The van der Waals surface area contributed by atoms with Crippen molar-refractivity contribution < 1.29 is 14.0 Å². The molecule has 7 heteroatoms. The van der Waals surface area contributed by atoms with E-state index in [-0.39, 0.29) is 5.24 Å². The third kappa shape index (κ3) is 2.41. The number of aromatic amines is 1. The number of nitrogens with zero attached hydrogens (tertiary/aromatic N) is 1. The van der Waals surface area contributed by atoms with Gasteiger partial charge in [0.15, 0.2) is 0 Å². The van der Waals surface area contributed by atoms with Gasteiger partial charge in [-0.15, -0.1) is 0 Å². The maximum Gasteiger partial charge on any atom is 0.290 e. The van der Waals surface area contributed by atoms with Crippen LogP contribution in [0.5, 0.6) is 0 Å². The lowest BCUT2D eigenvalue weighted by atomic mass is 10.0. The van der Waals surface area contributed by atoms with Gasteiger partial charge in [-0.1, -0.05) is 6.07 Å². The number of hydrogen-bond donors (Lipinski definition) is 2. The molecule has 1 aromatic carbocycles. The number of rotatable bonds is 2. The van der Waals surface area contributed by atoms with Gasteiger partial charge in [0.05, 0.1) is 4.91 Å². The highest BCUT2D eigenvalue weighted by molar-refractivity contribution is 8.18. The second-order valence-electron chi connectivity index (χ2n) is 5.89. The first-order valence-electron chi connectivity index (χ1n) is 7.87. The Hall–Kier alpha value is -3.32. The molecule has 1 fully saturated rings. The normalized spacial score (nSPS) is 16.1. The Morgan fingerprint density at radius 2 is 2.00 bits per heavy atom. The second kappa shape index (κ2) is 5.60. The molecule has 0 radical (unpaired) electrons. The number of amides is 2. The number of benzene rings is 1. The molecule has 5 rings (SSSR count). The van der Waals surface area contributed by atoms with Crippen molar-refractivity contribution in [3.8, 4) is 11.1 Å². The van der Waals surface area contributed by atoms with E-state index in [2.05, 4.69) is 21.4 Å². The van der Waals surface area contributed by atoms with Crippen LogP contribution < -0.4 is 5.32 Å². The summed E-state index contributed by atoms with van der Waals surface area (Å²) in [5.74, 6) is 0.0982. The van der Waals surface area contributed by atoms with Gasteiger partial charge in [-0.05, 0) is 47.0 Å². The number of carbonyl (C=O) groups is 2. The Labute approximate surface area is 151 Å². The van der Waals surface area contributed by atoms with E-state index >= 15 is 0 Å². The molecular formula is C19H11N3O3S. The molecule has 0 spiro atoms. The molecule has 0 saturated carbocycles. The highest BCUT2D eigenvalue weighted by Crippen LogP contribution is 2.33. The van der Waals surface area contributed by atoms with Gasteiger partial charge >= 0.3 is 0 Å². The van der Waals surface area contributed by atoms with Crippen LogP contribution in [0.2, 0.25) is 0 Å². The lowest BCUT2D eigenvalue weighted by molar-refractivity contribution is -0.115. The van der Waals surface area contributed by atoms with E-state index < -0.39 is 5.91 Å². The van der Waals surface area contributed by atoms with Gasteiger partial charge in [-0.2, -0.15) is 0 Å².